The highest BCUT2D eigenvalue weighted by Gasteiger charge is 2.02. The number of ether oxygens (including phenoxy) is 1. The molecular weight excluding hydrogens is 296 g/mol. The van der Waals surface area contributed by atoms with E-state index in [9.17, 15) is 4.79 Å². The average molecular weight is 315 g/mol. The van der Waals surface area contributed by atoms with Gasteiger partial charge in [0, 0.05) is 38.1 Å². The zero-order valence-corrected chi connectivity index (χ0v) is 12.4. The molecule has 0 aromatic heterocycles. The first-order valence-electron chi connectivity index (χ1n) is 5.89. The molecule has 100 valence electrons. The Hall–Kier alpha value is -1.07. The lowest BCUT2D eigenvalue weighted by Crippen LogP contribution is -2.28. The van der Waals surface area contributed by atoms with Gasteiger partial charge in [0.25, 0.3) is 0 Å². The van der Waals surface area contributed by atoms with Gasteiger partial charge in [-0.05, 0) is 24.3 Å². The summed E-state index contributed by atoms with van der Waals surface area (Å²) in [6, 6.07) is 7.72. The van der Waals surface area contributed by atoms with Crippen molar-refractivity contribution in [3.05, 3.63) is 28.7 Å². The summed E-state index contributed by atoms with van der Waals surface area (Å²) in [7, 11) is 3.53. The Labute approximate surface area is 116 Å². The second-order valence-electron chi connectivity index (χ2n) is 4.09. The molecule has 0 aliphatic carbocycles. The zero-order chi connectivity index (χ0) is 13.4. The molecule has 0 atom stereocenters. The number of carbonyl (C=O) groups excluding carboxylic acids is 1. The second kappa shape index (κ2) is 8.11. The number of hydrogen-bond donors (Lipinski definition) is 1. The monoisotopic (exact) mass is 314 g/mol. The van der Waals surface area contributed by atoms with E-state index in [-0.39, 0.29) is 5.91 Å². The second-order valence-corrected chi connectivity index (χ2v) is 5.01. The smallest absolute Gasteiger partial charge is 0.223 e. The number of rotatable bonds is 7. The summed E-state index contributed by atoms with van der Waals surface area (Å²) in [6.45, 7) is 2.01. The van der Waals surface area contributed by atoms with Crippen LogP contribution in [0.5, 0.6) is 5.75 Å². The number of amides is 1. The van der Waals surface area contributed by atoms with Gasteiger partial charge in [-0.3, -0.25) is 4.79 Å². The minimum Gasteiger partial charge on any atom is -0.492 e. The highest BCUT2D eigenvalue weighted by molar-refractivity contribution is 9.10. The van der Waals surface area contributed by atoms with Gasteiger partial charge in [0.05, 0.1) is 0 Å². The first-order chi connectivity index (χ1) is 8.59. The molecule has 0 saturated heterocycles. The van der Waals surface area contributed by atoms with E-state index in [1.54, 1.807) is 19.0 Å². The van der Waals surface area contributed by atoms with Crippen LogP contribution in [0.15, 0.2) is 28.7 Å². The zero-order valence-electron chi connectivity index (χ0n) is 10.8. The van der Waals surface area contributed by atoms with Crippen LogP contribution in [0.4, 0.5) is 0 Å². The predicted molar refractivity (Wildman–Crippen MR) is 75.8 cm³/mol. The molecule has 1 aromatic rings. The Morgan fingerprint density at radius 3 is 2.56 bits per heavy atom. The maximum absolute atomic E-state index is 11.3. The van der Waals surface area contributed by atoms with E-state index in [0.29, 0.717) is 19.6 Å². The number of halogens is 1. The molecular formula is C13H19BrN2O2. The van der Waals surface area contributed by atoms with E-state index >= 15 is 0 Å². The van der Waals surface area contributed by atoms with Crippen molar-refractivity contribution in [1.29, 1.82) is 0 Å². The van der Waals surface area contributed by atoms with Crippen LogP contribution < -0.4 is 10.1 Å². The van der Waals surface area contributed by atoms with Crippen LogP contribution in [-0.4, -0.2) is 44.6 Å². The Bertz CT molecular complexity index is 366. The lowest BCUT2D eigenvalue weighted by atomic mass is 10.3. The molecule has 1 rings (SSSR count). The Kier molecular flexibility index (Phi) is 6.75. The van der Waals surface area contributed by atoms with Gasteiger partial charge < -0.3 is 15.0 Å². The molecule has 0 saturated carbocycles. The molecule has 4 nitrogen and oxygen atoms in total. The van der Waals surface area contributed by atoms with E-state index in [0.717, 1.165) is 16.8 Å². The molecule has 0 aliphatic rings. The largest absolute Gasteiger partial charge is 0.492 e. The van der Waals surface area contributed by atoms with Gasteiger partial charge in [-0.15, -0.1) is 0 Å². The summed E-state index contributed by atoms with van der Waals surface area (Å²) in [5.74, 6) is 0.987. The Morgan fingerprint density at radius 2 is 1.94 bits per heavy atom. The minimum absolute atomic E-state index is 0.135. The molecule has 18 heavy (non-hydrogen) atoms. The van der Waals surface area contributed by atoms with Gasteiger partial charge in [-0.25, -0.2) is 0 Å². The fraction of sp³-hybridized carbons (Fsp3) is 0.462. The maximum atomic E-state index is 11.3. The van der Waals surface area contributed by atoms with Gasteiger partial charge >= 0.3 is 0 Å². The van der Waals surface area contributed by atoms with Crippen molar-refractivity contribution in [2.45, 2.75) is 6.42 Å². The number of carbonyl (C=O) groups is 1. The van der Waals surface area contributed by atoms with Crippen molar-refractivity contribution in [2.75, 3.05) is 33.8 Å². The lowest BCUT2D eigenvalue weighted by Gasteiger charge is -2.11. The fourth-order valence-corrected chi connectivity index (χ4v) is 1.58. The molecule has 0 fully saturated rings. The molecule has 0 bridgehead atoms. The van der Waals surface area contributed by atoms with Crippen molar-refractivity contribution in [2.24, 2.45) is 0 Å². The van der Waals surface area contributed by atoms with Crippen LogP contribution in [0.3, 0.4) is 0 Å². The van der Waals surface area contributed by atoms with Crippen LogP contribution in [0, 0.1) is 0 Å². The van der Waals surface area contributed by atoms with Crippen molar-refractivity contribution < 1.29 is 9.53 Å². The van der Waals surface area contributed by atoms with Crippen LogP contribution in [-0.2, 0) is 4.79 Å². The Morgan fingerprint density at radius 1 is 1.28 bits per heavy atom. The molecule has 1 aromatic carbocycles. The summed E-state index contributed by atoms with van der Waals surface area (Å²) in [5, 5.41) is 3.17. The third kappa shape index (κ3) is 6.02. The quantitative estimate of drug-likeness (QED) is 0.782. The van der Waals surface area contributed by atoms with Gasteiger partial charge in [-0.2, -0.15) is 0 Å². The van der Waals surface area contributed by atoms with Crippen molar-refractivity contribution in [1.82, 2.24) is 10.2 Å². The van der Waals surface area contributed by atoms with Crippen molar-refractivity contribution in [3.63, 3.8) is 0 Å². The topological polar surface area (TPSA) is 41.6 Å². The van der Waals surface area contributed by atoms with Gasteiger partial charge in [0.15, 0.2) is 0 Å². The number of hydrogen-bond acceptors (Lipinski definition) is 3. The summed E-state index contributed by atoms with van der Waals surface area (Å²) in [6.07, 6.45) is 0.519. The standard InChI is InChI=1S/C13H19BrN2O2/c1-16(2)13(17)7-8-15-9-10-18-12-5-3-11(14)4-6-12/h3-6,15H,7-10H2,1-2H3. The number of nitrogens with one attached hydrogen (secondary N) is 1. The normalized spacial score (nSPS) is 10.2. The summed E-state index contributed by atoms with van der Waals surface area (Å²) in [4.78, 5) is 12.9. The van der Waals surface area contributed by atoms with Crippen LogP contribution in [0.25, 0.3) is 0 Å². The minimum atomic E-state index is 0.135. The van der Waals surface area contributed by atoms with E-state index in [2.05, 4.69) is 21.2 Å². The number of nitrogens with zero attached hydrogens (tertiary/aromatic N) is 1. The first-order valence-corrected chi connectivity index (χ1v) is 6.68. The van der Waals surface area contributed by atoms with E-state index in [1.807, 2.05) is 24.3 Å². The third-order valence-corrected chi connectivity index (χ3v) is 2.90. The molecule has 0 heterocycles. The number of benzene rings is 1. The third-order valence-electron chi connectivity index (χ3n) is 2.38. The van der Waals surface area contributed by atoms with Crippen molar-refractivity contribution >= 4 is 21.8 Å². The molecule has 0 aliphatic heterocycles. The molecule has 0 spiro atoms. The van der Waals surface area contributed by atoms with Gasteiger partial charge in [0.1, 0.15) is 12.4 Å². The van der Waals surface area contributed by atoms with E-state index in [1.165, 1.54) is 0 Å². The summed E-state index contributed by atoms with van der Waals surface area (Å²) < 4.78 is 6.57. The molecule has 0 radical (unpaired) electrons. The molecule has 5 heteroatoms. The summed E-state index contributed by atoms with van der Waals surface area (Å²) >= 11 is 3.37. The first kappa shape index (κ1) is 15.0. The molecule has 0 unspecified atom stereocenters. The van der Waals surface area contributed by atoms with Crippen LogP contribution in [0.1, 0.15) is 6.42 Å². The fourth-order valence-electron chi connectivity index (χ4n) is 1.32. The SMILES string of the molecule is CN(C)C(=O)CCNCCOc1ccc(Br)cc1. The predicted octanol–water partition coefficient (Wildman–Crippen LogP) is 1.90. The van der Waals surface area contributed by atoms with Gasteiger partial charge in [-0.1, -0.05) is 15.9 Å². The van der Waals surface area contributed by atoms with Crippen molar-refractivity contribution in [3.8, 4) is 5.75 Å². The van der Waals surface area contributed by atoms with Crippen LogP contribution in [0.2, 0.25) is 0 Å². The highest BCUT2D eigenvalue weighted by atomic mass is 79.9. The highest BCUT2D eigenvalue weighted by Crippen LogP contribution is 2.15. The van der Waals surface area contributed by atoms with Crippen LogP contribution >= 0.6 is 15.9 Å². The maximum Gasteiger partial charge on any atom is 0.223 e. The molecule has 1 N–H and O–H groups in total. The lowest BCUT2D eigenvalue weighted by molar-refractivity contribution is -0.128. The van der Waals surface area contributed by atoms with Gasteiger partial charge in [0.2, 0.25) is 5.91 Å². The van der Waals surface area contributed by atoms with E-state index < -0.39 is 0 Å². The van der Waals surface area contributed by atoms with E-state index in [4.69, 9.17) is 4.74 Å². The summed E-state index contributed by atoms with van der Waals surface area (Å²) in [5.41, 5.74) is 0. The Balaban J connectivity index is 2.05. The average Bonchev–Trinajstić information content (AvgIpc) is 2.35. The molecule has 1 amide bonds.